The average molecular weight is 277 g/mol. The third-order valence-corrected chi connectivity index (χ3v) is 4.63. The van der Waals surface area contributed by atoms with Gasteiger partial charge in [-0.3, -0.25) is 9.69 Å². The summed E-state index contributed by atoms with van der Waals surface area (Å²) in [6.45, 7) is 6.89. The molecule has 2 aromatic rings. The zero-order valence-electron chi connectivity index (χ0n) is 11.5. The van der Waals surface area contributed by atoms with E-state index in [1.807, 2.05) is 24.0 Å². The largest absolute Gasteiger partial charge is 0.480 e. The summed E-state index contributed by atoms with van der Waals surface area (Å²) < 4.78 is 1.25. The van der Waals surface area contributed by atoms with Crippen LogP contribution in [0.15, 0.2) is 29.6 Å². The number of fused-ring (bicyclic) bond motifs is 1. The highest BCUT2D eigenvalue weighted by Crippen LogP contribution is 2.28. The average Bonchev–Trinajstić information content (AvgIpc) is 2.78. The fourth-order valence-electron chi connectivity index (χ4n) is 2.20. The van der Waals surface area contributed by atoms with Crippen LogP contribution in [0, 0.1) is 0 Å². The Morgan fingerprint density at radius 3 is 2.68 bits per heavy atom. The molecule has 2 rings (SSSR count). The first-order valence-electron chi connectivity index (χ1n) is 6.40. The summed E-state index contributed by atoms with van der Waals surface area (Å²) >= 11 is 1.71. The first-order chi connectivity index (χ1) is 8.96. The molecule has 102 valence electrons. The summed E-state index contributed by atoms with van der Waals surface area (Å²) in [6.07, 6.45) is 0. The number of hydrogen-bond donors (Lipinski definition) is 1. The SMILES string of the molecule is CCN(Cc1csc2ccccc12)C(C)(C)C(=O)O. The van der Waals surface area contributed by atoms with Gasteiger partial charge in [-0.25, -0.2) is 0 Å². The number of hydrogen-bond acceptors (Lipinski definition) is 3. The molecule has 0 saturated heterocycles. The van der Waals surface area contributed by atoms with Gasteiger partial charge in [0.1, 0.15) is 5.54 Å². The third-order valence-electron chi connectivity index (χ3n) is 3.62. The van der Waals surface area contributed by atoms with Crippen molar-refractivity contribution in [2.24, 2.45) is 0 Å². The number of thiophene rings is 1. The van der Waals surface area contributed by atoms with Gasteiger partial charge in [-0.15, -0.1) is 11.3 Å². The highest BCUT2D eigenvalue weighted by molar-refractivity contribution is 7.17. The molecule has 0 aliphatic carbocycles. The van der Waals surface area contributed by atoms with Crippen LogP contribution in [0.1, 0.15) is 26.3 Å². The Balaban J connectivity index is 2.31. The highest BCUT2D eigenvalue weighted by Gasteiger charge is 2.33. The molecule has 0 radical (unpaired) electrons. The smallest absolute Gasteiger partial charge is 0.323 e. The molecule has 1 heterocycles. The van der Waals surface area contributed by atoms with E-state index >= 15 is 0 Å². The van der Waals surface area contributed by atoms with Gasteiger partial charge in [-0.05, 0) is 42.8 Å². The molecule has 0 unspecified atom stereocenters. The molecule has 0 atom stereocenters. The van der Waals surface area contributed by atoms with E-state index in [9.17, 15) is 9.90 Å². The maximum Gasteiger partial charge on any atom is 0.323 e. The molecule has 0 spiro atoms. The lowest BCUT2D eigenvalue weighted by atomic mass is 10.0. The van der Waals surface area contributed by atoms with E-state index in [1.54, 1.807) is 25.2 Å². The lowest BCUT2D eigenvalue weighted by Crippen LogP contribution is -2.49. The van der Waals surface area contributed by atoms with Crippen molar-refractivity contribution in [1.29, 1.82) is 0 Å². The molecule has 1 aromatic heterocycles. The molecule has 3 nitrogen and oxygen atoms in total. The quantitative estimate of drug-likeness (QED) is 0.908. The Labute approximate surface area is 117 Å². The molecule has 0 amide bonds. The molecule has 1 aromatic carbocycles. The number of benzene rings is 1. The first-order valence-corrected chi connectivity index (χ1v) is 7.28. The predicted molar refractivity (Wildman–Crippen MR) is 79.6 cm³/mol. The topological polar surface area (TPSA) is 40.5 Å². The van der Waals surface area contributed by atoms with Crippen LogP contribution >= 0.6 is 11.3 Å². The van der Waals surface area contributed by atoms with E-state index in [4.69, 9.17) is 0 Å². The van der Waals surface area contributed by atoms with Crippen LogP contribution in [0.4, 0.5) is 0 Å². The van der Waals surface area contributed by atoms with Crippen LogP contribution in [0.3, 0.4) is 0 Å². The minimum Gasteiger partial charge on any atom is -0.480 e. The van der Waals surface area contributed by atoms with Crippen LogP contribution in [0.2, 0.25) is 0 Å². The number of carboxylic acid groups (broad SMARTS) is 1. The van der Waals surface area contributed by atoms with Gasteiger partial charge in [-0.2, -0.15) is 0 Å². The molecule has 0 saturated carbocycles. The van der Waals surface area contributed by atoms with Gasteiger partial charge in [0.2, 0.25) is 0 Å². The Bertz CT molecular complexity index is 589. The molecule has 19 heavy (non-hydrogen) atoms. The lowest BCUT2D eigenvalue weighted by Gasteiger charge is -2.34. The normalized spacial score (nSPS) is 12.2. The summed E-state index contributed by atoms with van der Waals surface area (Å²) in [5.41, 5.74) is 0.356. The molecular weight excluding hydrogens is 258 g/mol. The fourth-order valence-corrected chi connectivity index (χ4v) is 3.15. The van der Waals surface area contributed by atoms with Crippen LogP contribution in [-0.2, 0) is 11.3 Å². The Morgan fingerprint density at radius 2 is 2.05 bits per heavy atom. The summed E-state index contributed by atoms with van der Waals surface area (Å²) in [6, 6.07) is 8.25. The minimum absolute atomic E-state index is 0.666. The van der Waals surface area contributed by atoms with Crippen molar-refractivity contribution < 1.29 is 9.90 Å². The second kappa shape index (κ2) is 5.31. The first kappa shape index (κ1) is 14.0. The van der Waals surface area contributed by atoms with Crippen LogP contribution in [-0.4, -0.2) is 28.1 Å². The fraction of sp³-hybridized carbons (Fsp3) is 0.400. The third kappa shape index (κ3) is 2.65. The van der Waals surface area contributed by atoms with Gasteiger partial charge >= 0.3 is 5.97 Å². The zero-order chi connectivity index (χ0) is 14.0. The number of carboxylic acids is 1. The number of rotatable bonds is 5. The van der Waals surface area contributed by atoms with Gasteiger partial charge in [0, 0.05) is 11.2 Å². The van der Waals surface area contributed by atoms with E-state index < -0.39 is 11.5 Å². The summed E-state index contributed by atoms with van der Waals surface area (Å²) in [5.74, 6) is -0.783. The van der Waals surface area contributed by atoms with Gasteiger partial charge in [0.05, 0.1) is 0 Å². The monoisotopic (exact) mass is 277 g/mol. The van der Waals surface area contributed by atoms with Crippen LogP contribution < -0.4 is 0 Å². The lowest BCUT2D eigenvalue weighted by molar-refractivity contribution is -0.149. The van der Waals surface area contributed by atoms with Crippen LogP contribution in [0.25, 0.3) is 10.1 Å². The van der Waals surface area contributed by atoms with Crippen molar-refractivity contribution in [2.45, 2.75) is 32.9 Å². The summed E-state index contributed by atoms with van der Waals surface area (Å²) in [7, 11) is 0. The number of likely N-dealkylation sites (N-methyl/N-ethyl adjacent to an activating group) is 1. The maximum atomic E-state index is 11.4. The highest BCUT2D eigenvalue weighted by atomic mass is 32.1. The molecule has 0 aliphatic rings. The van der Waals surface area contributed by atoms with E-state index in [0.29, 0.717) is 13.1 Å². The van der Waals surface area contributed by atoms with E-state index in [2.05, 4.69) is 17.5 Å². The molecular formula is C15H19NO2S. The van der Waals surface area contributed by atoms with E-state index in [-0.39, 0.29) is 0 Å². The van der Waals surface area contributed by atoms with Gasteiger partial charge in [0.25, 0.3) is 0 Å². The Morgan fingerprint density at radius 1 is 1.37 bits per heavy atom. The van der Waals surface area contributed by atoms with Gasteiger partial charge in [0.15, 0.2) is 0 Å². The summed E-state index contributed by atoms with van der Waals surface area (Å²) in [4.78, 5) is 13.4. The molecule has 1 N–H and O–H groups in total. The van der Waals surface area contributed by atoms with Gasteiger partial charge in [-0.1, -0.05) is 25.1 Å². The predicted octanol–water partition coefficient (Wildman–Crippen LogP) is 3.59. The minimum atomic E-state index is -0.849. The van der Waals surface area contributed by atoms with Crippen molar-refractivity contribution in [3.05, 3.63) is 35.2 Å². The van der Waals surface area contributed by atoms with Crippen molar-refractivity contribution >= 4 is 27.4 Å². The Hall–Kier alpha value is -1.39. The van der Waals surface area contributed by atoms with E-state index in [0.717, 1.165) is 0 Å². The van der Waals surface area contributed by atoms with Gasteiger partial charge < -0.3 is 5.11 Å². The van der Waals surface area contributed by atoms with Crippen molar-refractivity contribution in [1.82, 2.24) is 4.90 Å². The molecule has 0 aliphatic heterocycles. The molecule has 0 bridgehead atoms. The van der Waals surface area contributed by atoms with Crippen molar-refractivity contribution in [2.75, 3.05) is 6.54 Å². The number of nitrogens with zero attached hydrogens (tertiary/aromatic N) is 1. The second-order valence-corrected chi connectivity index (χ2v) is 6.05. The van der Waals surface area contributed by atoms with Crippen LogP contribution in [0.5, 0.6) is 0 Å². The molecule has 4 heteroatoms. The number of carbonyl (C=O) groups is 1. The summed E-state index contributed by atoms with van der Waals surface area (Å²) in [5, 5.41) is 12.7. The second-order valence-electron chi connectivity index (χ2n) is 5.14. The zero-order valence-corrected chi connectivity index (χ0v) is 12.3. The maximum absolute atomic E-state index is 11.4. The van der Waals surface area contributed by atoms with Crippen molar-refractivity contribution in [3.63, 3.8) is 0 Å². The molecule has 0 fully saturated rings. The van der Waals surface area contributed by atoms with Crippen molar-refractivity contribution in [3.8, 4) is 0 Å². The standard InChI is InChI=1S/C15H19NO2S/c1-4-16(15(2,3)14(17)18)9-11-10-19-13-8-6-5-7-12(11)13/h5-8,10H,4,9H2,1-3H3,(H,17,18). The Kier molecular flexibility index (Phi) is 3.92. The number of aliphatic carboxylic acids is 1. The van der Waals surface area contributed by atoms with E-state index in [1.165, 1.54) is 15.6 Å².